The van der Waals surface area contributed by atoms with Gasteiger partial charge in [-0.25, -0.2) is 0 Å². The van der Waals surface area contributed by atoms with Crippen LogP contribution in [0.2, 0.25) is 0 Å². The van der Waals surface area contributed by atoms with Crippen molar-refractivity contribution < 1.29 is 19.1 Å². The van der Waals surface area contributed by atoms with Gasteiger partial charge in [-0.15, -0.1) is 0 Å². The second kappa shape index (κ2) is 8.70. The number of halogens is 1. The largest absolute Gasteiger partial charge is 0.490 e. The summed E-state index contributed by atoms with van der Waals surface area (Å²) in [6.45, 7) is 6.42. The lowest BCUT2D eigenvalue weighted by Crippen LogP contribution is -2.19. The molecule has 0 saturated heterocycles. The summed E-state index contributed by atoms with van der Waals surface area (Å²) in [5.74, 6) is 0.139. The third-order valence-corrected chi connectivity index (χ3v) is 4.25. The molecule has 26 heavy (non-hydrogen) atoms. The summed E-state index contributed by atoms with van der Waals surface area (Å²) in [6, 6.07) is 3.53. The molecule has 0 fully saturated rings. The molecule has 2 aromatic rings. The number of nitrogens with zero attached hydrogens (tertiary/aromatic N) is 1. The summed E-state index contributed by atoms with van der Waals surface area (Å²) in [6.07, 6.45) is 0.0654. The number of aromatic amines is 1. The maximum atomic E-state index is 12.4. The van der Waals surface area contributed by atoms with Gasteiger partial charge in [-0.2, -0.15) is 5.10 Å². The van der Waals surface area contributed by atoms with Gasteiger partial charge in [0.2, 0.25) is 5.91 Å². The minimum Gasteiger partial charge on any atom is -0.490 e. The number of anilines is 1. The third kappa shape index (κ3) is 4.54. The van der Waals surface area contributed by atoms with Crippen LogP contribution < -0.4 is 20.5 Å². The summed E-state index contributed by atoms with van der Waals surface area (Å²) in [4.78, 5) is 23.8. The van der Waals surface area contributed by atoms with Gasteiger partial charge in [-0.1, -0.05) is 15.9 Å². The van der Waals surface area contributed by atoms with Crippen LogP contribution in [0.15, 0.2) is 16.6 Å². The summed E-state index contributed by atoms with van der Waals surface area (Å²) in [7, 11) is 0. The van der Waals surface area contributed by atoms with Crippen molar-refractivity contribution in [1.29, 1.82) is 0 Å². The number of primary amides is 1. The molecule has 0 aliphatic heterocycles. The summed E-state index contributed by atoms with van der Waals surface area (Å²) >= 11 is 3.45. The molecule has 2 rings (SSSR count). The average Bonchev–Trinajstić information content (AvgIpc) is 2.93. The van der Waals surface area contributed by atoms with Gasteiger partial charge in [-0.05, 0) is 38.5 Å². The maximum Gasteiger partial charge on any atom is 0.271 e. The first kappa shape index (κ1) is 19.8. The minimum atomic E-state index is -0.717. The number of hydrogen-bond acceptors (Lipinski definition) is 5. The topological polar surface area (TPSA) is 119 Å². The summed E-state index contributed by atoms with van der Waals surface area (Å²) in [5, 5.41) is 9.12. The van der Waals surface area contributed by atoms with Gasteiger partial charge in [0.1, 0.15) is 0 Å². The Morgan fingerprint density at radius 3 is 2.42 bits per heavy atom. The van der Waals surface area contributed by atoms with E-state index in [0.29, 0.717) is 30.4 Å². The van der Waals surface area contributed by atoms with Crippen molar-refractivity contribution in [2.24, 2.45) is 5.73 Å². The normalized spacial score (nSPS) is 10.5. The fourth-order valence-electron chi connectivity index (χ4n) is 2.37. The van der Waals surface area contributed by atoms with Gasteiger partial charge in [-0.3, -0.25) is 14.7 Å². The molecule has 8 nitrogen and oxygen atoms in total. The van der Waals surface area contributed by atoms with Crippen molar-refractivity contribution in [3.05, 3.63) is 33.6 Å². The lowest BCUT2D eigenvalue weighted by Gasteiger charge is -2.14. The number of aryl methyl sites for hydroxylation is 1. The molecule has 1 aromatic carbocycles. The van der Waals surface area contributed by atoms with E-state index < -0.39 is 5.91 Å². The zero-order chi connectivity index (χ0) is 19.3. The monoisotopic (exact) mass is 424 g/mol. The van der Waals surface area contributed by atoms with E-state index in [1.165, 1.54) is 0 Å². The predicted molar refractivity (Wildman–Crippen MR) is 101 cm³/mol. The van der Waals surface area contributed by atoms with E-state index in [9.17, 15) is 9.59 Å². The molecule has 0 spiro atoms. The quantitative estimate of drug-likeness (QED) is 0.601. The van der Waals surface area contributed by atoms with Crippen molar-refractivity contribution in [2.45, 2.75) is 27.2 Å². The highest BCUT2D eigenvalue weighted by Crippen LogP contribution is 2.34. The number of H-pyrrole nitrogens is 1. The summed E-state index contributed by atoms with van der Waals surface area (Å²) in [5.41, 5.74) is 6.82. The van der Waals surface area contributed by atoms with Gasteiger partial charge in [0.15, 0.2) is 17.2 Å². The van der Waals surface area contributed by atoms with Crippen LogP contribution in [0.25, 0.3) is 0 Å². The number of nitrogens with one attached hydrogen (secondary N) is 2. The van der Waals surface area contributed by atoms with Gasteiger partial charge in [0, 0.05) is 4.47 Å². The van der Waals surface area contributed by atoms with Gasteiger partial charge >= 0.3 is 0 Å². The molecule has 2 amide bonds. The summed E-state index contributed by atoms with van der Waals surface area (Å²) < 4.78 is 11.9. The van der Waals surface area contributed by atoms with Crippen LogP contribution in [0.5, 0.6) is 11.5 Å². The van der Waals surface area contributed by atoms with Crippen molar-refractivity contribution in [1.82, 2.24) is 10.2 Å². The van der Waals surface area contributed by atoms with E-state index in [1.54, 1.807) is 19.1 Å². The minimum absolute atomic E-state index is 0.00313. The SMILES string of the molecule is CCOc1cc(Br)c(CC(=O)Nc2c(C(N)=O)n[nH]c2C)cc1OCC. The number of nitrogens with two attached hydrogens (primary N) is 1. The Kier molecular flexibility index (Phi) is 6.62. The number of carbonyl (C=O) groups excluding carboxylic acids is 2. The molecule has 9 heteroatoms. The Morgan fingerprint density at radius 1 is 1.23 bits per heavy atom. The first-order valence-electron chi connectivity index (χ1n) is 8.09. The Morgan fingerprint density at radius 2 is 1.85 bits per heavy atom. The number of benzene rings is 1. The van der Waals surface area contributed by atoms with Gasteiger partial charge in [0.25, 0.3) is 5.91 Å². The van der Waals surface area contributed by atoms with Crippen LogP contribution in [-0.4, -0.2) is 35.2 Å². The number of amides is 2. The smallest absolute Gasteiger partial charge is 0.271 e. The Labute approximate surface area is 159 Å². The maximum absolute atomic E-state index is 12.4. The highest BCUT2D eigenvalue weighted by molar-refractivity contribution is 9.10. The van der Waals surface area contributed by atoms with Crippen LogP contribution >= 0.6 is 15.9 Å². The molecule has 1 heterocycles. The molecule has 0 unspecified atom stereocenters. The van der Waals surface area contributed by atoms with Gasteiger partial charge in [0.05, 0.1) is 31.0 Å². The Bertz CT molecular complexity index is 819. The zero-order valence-corrected chi connectivity index (χ0v) is 16.4. The highest BCUT2D eigenvalue weighted by Gasteiger charge is 2.19. The van der Waals surface area contributed by atoms with Crippen LogP contribution in [0, 0.1) is 6.92 Å². The van der Waals surface area contributed by atoms with E-state index in [1.807, 2.05) is 13.8 Å². The predicted octanol–water partition coefficient (Wildman–Crippen LogP) is 2.56. The van der Waals surface area contributed by atoms with Crippen LogP contribution in [0.1, 0.15) is 35.6 Å². The number of carbonyl (C=O) groups is 2. The highest BCUT2D eigenvalue weighted by atomic mass is 79.9. The second-order valence-corrected chi connectivity index (χ2v) is 6.27. The molecule has 4 N–H and O–H groups in total. The standard InChI is InChI=1S/C17H21BrN4O4/c1-4-25-12-6-10(11(18)8-13(12)26-5-2)7-14(23)20-15-9(3)21-22-16(15)17(19)24/h6,8H,4-5,7H2,1-3H3,(H2,19,24)(H,20,23)(H,21,22). The lowest BCUT2D eigenvalue weighted by molar-refractivity contribution is -0.115. The number of hydrogen-bond donors (Lipinski definition) is 3. The number of rotatable bonds is 8. The Hall–Kier alpha value is -2.55. The van der Waals surface area contributed by atoms with Crippen molar-refractivity contribution >= 4 is 33.4 Å². The second-order valence-electron chi connectivity index (χ2n) is 5.42. The van der Waals surface area contributed by atoms with Crippen LogP contribution in [0.3, 0.4) is 0 Å². The Balaban J connectivity index is 2.22. The first-order valence-corrected chi connectivity index (χ1v) is 8.89. The lowest BCUT2D eigenvalue weighted by atomic mass is 10.1. The fourth-order valence-corrected chi connectivity index (χ4v) is 2.83. The van der Waals surface area contributed by atoms with E-state index >= 15 is 0 Å². The van der Waals surface area contributed by atoms with Crippen molar-refractivity contribution in [3.8, 4) is 11.5 Å². The molecule has 0 atom stereocenters. The molecule has 140 valence electrons. The molecule has 1 aromatic heterocycles. The van der Waals surface area contributed by atoms with Crippen molar-refractivity contribution in [3.63, 3.8) is 0 Å². The molecule has 0 radical (unpaired) electrons. The molecule has 0 bridgehead atoms. The van der Waals surface area contributed by atoms with E-state index in [-0.39, 0.29) is 23.7 Å². The molecular formula is C17H21BrN4O4. The number of aromatic nitrogens is 2. The molecule has 0 saturated carbocycles. The van der Waals surface area contributed by atoms with Crippen molar-refractivity contribution in [2.75, 3.05) is 18.5 Å². The van der Waals surface area contributed by atoms with E-state index in [4.69, 9.17) is 15.2 Å². The molecule has 0 aliphatic rings. The third-order valence-electron chi connectivity index (χ3n) is 3.51. The van der Waals surface area contributed by atoms with Crippen LogP contribution in [-0.2, 0) is 11.2 Å². The van der Waals surface area contributed by atoms with Crippen LogP contribution in [0.4, 0.5) is 5.69 Å². The zero-order valence-electron chi connectivity index (χ0n) is 14.8. The average molecular weight is 425 g/mol. The van der Waals surface area contributed by atoms with Gasteiger partial charge < -0.3 is 20.5 Å². The number of ether oxygens (including phenoxy) is 2. The molecule has 0 aliphatic carbocycles. The fraction of sp³-hybridized carbons (Fsp3) is 0.353. The van der Waals surface area contributed by atoms with E-state index in [2.05, 4.69) is 31.4 Å². The van der Waals surface area contributed by atoms with E-state index in [0.717, 1.165) is 10.0 Å². The first-order chi connectivity index (χ1) is 12.4. The molecular weight excluding hydrogens is 404 g/mol.